The van der Waals surface area contributed by atoms with Crippen molar-refractivity contribution in [3.63, 3.8) is 0 Å². The van der Waals surface area contributed by atoms with E-state index in [9.17, 15) is 14.4 Å². The van der Waals surface area contributed by atoms with Crippen LogP contribution >= 0.6 is 0 Å². The molecule has 6 nitrogen and oxygen atoms in total. The Morgan fingerprint density at radius 1 is 1.11 bits per heavy atom. The molecule has 28 heavy (non-hydrogen) atoms. The van der Waals surface area contributed by atoms with Crippen LogP contribution in [0.2, 0.25) is 0 Å². The van der Waals surface area contributed by atoms with Crippen molar-refractivity contribution in [1.29, 1.82) is 0 Å². The summed E-state index contributed by atoms with van der Waals surface area (Å²) in [7, 11) is 0. The van der Waals surface area contributed by atoms with Crippen LogP contribution in [0.5, 0.6) is 0 Å². The van der Waals surface area contributed by atoms with Crippen LogP contribution in [0.25, 0.3) is 0 Å². The predicted molar refractivity (Wildman–Crippen MR) is 103 cm³/mol. The average molecular weight is 375 g/mol. The number of carbonyl (C=O) groups excluding carboxylic acids is 3. The maximum atomic E-state index is 13.5. The lowest BCUT2D eigenvalue weighted by Crippen LogP contribution is -2.52. The van der Waals surface area contributed by atoms with E-state index in [2.05, 4.69) is 4.98 Å². The van der Waals surface area contributed by atoms with Gasteiger partial charge in [0.2, 0.25) is 5.91 Å². The van der Waals surface area contributed by atoms with Gasteiger partial charge >= 0.3 is 0 Å². The highest BCUT2D eigenvalue weighted by molar-refractivity contribution is 6.22. The third-order valence-electron chi connectivity index (χ3n) is 5.37. The Balaban J connectivity index is 1.65. The molecule has 0 unspecified atom stereocenters. The summed E-state index contributed by atoms with van der Waals surface area (Å²) < 4.78 is 0. The molecule has 2 aliphatic rings. The molecule has 0 bridgehead atoms. The van der Waals surface area contributed by atoms with E-state index in [0.717, 1.165) is 10.5 Å². The molecule has 0 saturated heterocycles. The fraction of sp³-hybridized carbons (Fsp3) is 0.273. The van der Waals surface area contributed by atoms with Gasteiger partial charge in [0.1, 0.15) is 6.04 Å². The van der Waals surface area contributed by atoms with Gasteiger partial charge in [0, 0.05) is 18.9 Å². The molecule has 0 aliphatic carbocycles. The zero-order chi connectivity index (χ0) is 19.7. The molecule has 0 saturated carbocycles. The van der Waals surface area contributed by atoms with E-state index < -0.39 is 17.9 Å². The van der Waals surface area contributed by atoms with Gasteiger partial charge in [-0.05, 0) is 36.6 Å². The summed E-state index contributed by atoms with van der Waals surface area (Å²) >= 11 is 0. The van der Waals surface area contributed by atoms with Crippen LogP contribution in [-0.4, -0.2) is 45.1 Å². The first-order valence-electron chi connectivity index (χ1n) is 9.45. The SMILES string of the molecule is CC[C@H](C(=O)N1CC=CC[C@H]1c1cccnc1)N1C(=O)c2ccccc2C1=O. The van der Waals surface area contributed by atoms with E-state index in [-0.39, 0.29) is 11.9 Å². The zero-order valence-electron chi connectivity index (χ0n) is 15.6. The number of aromatic nitrogens is 1. The highest BCUT2D eigenvalue weighted by Crippen LogP contribution is 2.31. The Labute approximate surface area is 163 Å². The van der Waals surface area contributed by atoms with Gasteiger partial charge in [-0.25, -0.2) is 0 Å². The quantitative estimate of drug-likeness (QED) is 0.608. The maximum Gasteiger partial charge on any atom is 0.262 e. The molecule has 4 rings (SSSR count). The van der Waals surface area contributed by atoms with Crippen molar-refractivity contribution >= 4 is 17.7 Å². The Morgan fingerprint density at radius 3 is 2.43 bits per heavy atom. The molecular weight excluding hydrogens is 354 g/mol. The smallest absolute Gasteiger partial charge is 0.262 e. The van der Waals surface area contributed by atoms with Crippen molar-refractivity contribution in [3.8, 4) is 0 Å². The van der Waals surface area contributed by atoms with Crippen molar-refractivity contribution in [1.82, 2.24) is 14.8 Å². The lowest BCUT2D eigenvalue weighted by atomic mass is 9.99. The second-order valence-electron chi connectivity index (χ2n) is 6.95. The molecule has 0 spiro atoms. The number of imide groups is 1. The third kappa shape index (κ3) is 2.91. The largest absolute Gasteiger partial charge is 0.330 e. The highest BCUT2D eigenvalue weighted by Gasteiger charge is 2.44. The highest BCUT2D eigenvalue weighted by atomic mass is 16.2. The maximum absolute atomic E-state index is 13.5. The van der Waals surface area contributed by atoms with Crippen LogP contribution in [0.4, 0.5) is 0 Å². The van der Waals surface area contributed by atoms with Gasteiger partial charge in [0.05, 0.1) is 17.2 Å². The zero-order valence-corrected chi connectivity index (χ0v) is 15.6. The summed E-state index contributed by atoms with van der Waals surface area (Å²) in [6.07, 6.45) is 8.49. The van der Waals surface area contributed by atoms with E-state index in [1.54, 1.807) is 41.6 Å². The fourth-order valence-electron chi connectivity index (χ4n) is 3.95. The predicted octanol–water partition coefficient (Wildman–Crippen LogP) is 2.99. The molecule has 0 radical (unpaired) electrons. The van der Waals surface area contributed by atoms with Crippen molar-refractivity contribution in [2.24, 2.45) is 0 Å². The van der Waals surface area contributed by atoms with E-state index in [0.29, 0.717) is 30.5 Å². The summed E-state index contributed by atoms with van der Waals surface area (Å²) in [6, 6.07) is 9.53. The molecule has 2 aromatic rings. The molecule has 6 heteroatoms. The normalized spacial score (nSPS) is 19.7. The monoisotopic (exact) mass is 375 g/mol. The fourth-order valence-corrected chi connectivity index (χ4v) is 3.95. The lowest BCUT2D eigenvalue weighted by molar-refractivity contribution is -0.137. The number of carbonyl (C=O) groups is 3. The minimum atomic E-state index is -0.821. The molecule has 142 valence electrons. The van der Waals surface area contributed by atoms with Crippen LogP contribution in [0.15, 0.2) is 60.9 Å². The van der Waals surface area contributed by atoms with Crippen LogP contribution in [0.3, 0.4) is 0 Å². The van der Waals surface area contributed by atoms with Crippen molar-refractivity contribution < 1.29 is 14.4 Å². The first kappa shape index (κ1) is 18.1. The number of hydrogen-bond acceptors (Lipinski definition) is 4. The Kier molecular flexibility index (Phi) is 4.77. The van der Waals surface area contributed by atoms with Gasteiger partial charge in [-0.2, -0.15) is 0 Å². The van der Waals surface area contributed by atoms with E-state index in [4.69, 9.17) is 0 Å². The number of nitrogens with zero attached hydrogens (tertiary/aromatic N) is 3. The molecular formula is C22H21N3O3. The summed E-state index contributed by atoms with van der Waals surface area (Å²) in [5.41, 5.74) is 1.67. The van der Waals surface area contributed by atoms with Crippen LogP contribution in [-0.2, 0) is 4.79 Å². The van der Waals surface area contributed by atoms with Crippen LogP contribution in [0.1, 0.15) is 52.1 Å². The molecule has 0 N–H and O–H groups in total. The first-order chi connectivity index (χ1) is 13.6. The second kappa shape index (κ2) is 7.38. The van der Waals surface area contributed by atoms with Crippen molar-refractivity contribution in [2.45, 2.75) is 31.8 Å². The van der Waals surface area contributed by atoms with Gasteiger partial charge in [-0.3, -0.25) is 24.3 Å². The Morgan fingerprint density at radius 2 is 1.82 bits per heavy atom. The number of fused-ring (bicyclic) bond motifs is 1. The third-order valence-corrected chi connectivity index (χ3v) is 5.37. The lowest BCUT2D eigenvalue weighted by Gasteiger charge is -2.37. The summed E-state index contributed by atoms with van der Waals surface area (Å²) in [5, 5.41) is 0. The number of rotatable bonds is 4. The van der Waals surface area contributed by atoms with Crippen molar-refractivity contribution in [3.05, 3.63) is 77.6 Å². The van der Waals surface area contributed by atoms with E-state index in [1.165, 1.54) is 0 Å². The topological polar surface area (TPSA) is 70.6 Å². The van der Waals surface area contributed by atoms with Crippen LogP contribution < -0.4 is 0 Å². The number of hydrogen-bond donors (Lipinski definition) is 0. The van der Waals surface area contributed by atoms with Gasteiger partial charge < -0.3 is 4.90 Å². The van der Waals surface area contributed by atoms with E-state index >= 15 is 0 Å². The van der Waals surface area contributed by atoms with Gasteiger partial charge in [-0.15, -0.1) is 0 Å². The summed E-state index contributed by atoms with van der Waals surface area (Å²) in [6.45, 7) is 2.27. The van der Waals surface area contributed by atoms with Gasteiger partial charge in [0.15, 0.2) is 0 Å². The Hall–Kier alpha value is -3.28. The molecule has 3 heterocycles. The molecule has 1 aromatic heterocycles. The van der Waals surface area contributed by atoms with Gasteiger partial charge in [-0.1, -0.05) is 37.3 Å². The molecule has 1 aromatic carbocycles. The molecule has 2 atom stereocenters. The molecule has 2 aliphatic heterocycles. The standard InChI is InChI=1S/C22H21N3O3/c1-2-18(25-20(26)16-9-3-4-10-17(16)21(25)27)22(28)24-13-6-5-11-19(24)15-8-7-12-23-14-15/h3-10,12,14,18-19H,2,11,13H2,1H3/t18-,19+/m1/s1. The first-order valence-corrected chi connectivity index (χ1v) is 9.45. The summed E-state index contributed by atoms with van der Waals surface area (Å²) in [4.78, 5) is 46.2. The second-order valence-corrected chi connectivity index (χ2v) is 6.95. The Bertz CT molecular complexity index is 920. The van der Waals surface area contributed by atoms with Crippen molar-refractivity contribution in [2.75, 3.05) is 6.54 Å². The summed E-state index contributed by atoms with van der Waals surface area (Å²) in [5.74, 6) is -1.01. The van der Waals surface area contributed by atoms with E-state index in [1.807, 2.05) is 31.2 Å². The average Bonchev–Trinajstić information content (AvgIpc) is 3.00. The minimum absolute atomic E-state index is 0.157. The molecule has 3 amide bonds. The minimum Gasteiger partial charge on any atom is -0.330 e. The number of pyridine rings is 1. The number of amides is 3. The van der Waals surface area contributed by atoms with Crippen LogP contribution in [0, 0.1) is 0 Å². The number of benzene rings is 1. The van der Waals surface area contributed by atoms with Gasteiger partial charge in [0.25, 0.3) is 11.8 Å². The molecule has 0 fully saturated rings.